The maximum Gasteiger partial charge on any atom is 0.303 e. The number of rotatable bonds is 4. The first-order valence-electron chi connectivity index (χ1n) is 8.84. The largest absolute Gasteiger partial charge is 0.481 e. The van der Waals surface area contributed by atoms with Crippen molar-refractivity contribution in [2.75, 3.05) is 0 Å². The third-order valence-corrected chi connectivity index (χ3v) is 6.74. The zero-order chi connectivity index (χ0) is 17.6. The topological polar surface area (TPSA) is 54.4 Å². The van der Waals surface area contributed by atoms with Crippen LogP contribution in [0.15, 0.2) is 11.6 Å². The van der Waals surface area contributed by atoms with Crippen molar-refractivity contribution in [1.29, 1.82) is 0 Å². The first-order chi connectivity index (χ1) is 10.5. The van der Waals surface area contributed by atoms with E-state index < -0.39 is 5.97 Å². The Morgan fingerprint density at radius 1 is 1.09 bits per heavy atom. The molecule has 0 bridgehead atoms. The molecule has 3 heteroatoms. The van der Waals surface area contributed by atoms with Crippen LogP contribution in [-0.2, 0) is 9.59 Å². The molecule has 130 valence electrons. The van der Waals surface area contributed by atoms with Crippen LogP contribution >= 0.6 is 0 Å². The Labute approximate surface area is 140 Å². The van der Waals surface area contributed by atoms with Crippen LogP contribution in [0.1, 0.15) is 67.2 Å². The van der Waals surface area contributed by atoms with Crippen LogP contribution in [-0.4, -0.2) is 16.9 Å². The molecule has 0 saturated heterocycles. The molecule has 0 radical (unpaired) electrons. The van der Waals surface area contributed by atoms with Gasteiger partial charge in [0.15, 0.2) is 0 Å². The average molecular weight is 320 g/mol. The Balaban J connectivity index is 0.000000172. The maximum atomic E-state index is 10.9. The van der Waals surface area contributed by atoms with E-state index in [0.717, 1.165) is 11.8 Å². The van der Waals surface area contributed by atoms with Gasteiger partial charge in [0.05, 0.1) is 0 Å². The molecule has 0 amide bonds. The number of carboxylic acid groups (broad SMARTS) is 1. The van der Waals surface area contributed by atoms with Gasteiger partial charge >= 0.3 is 5.97 Å². The molecule has 3 aliphatic carbocycles. The maximum absolute atomic E-state index is 10.9. The second-order valence-corrected chi connectivity index (χ2v) is 9.06. The van der Waals surface area contributed by atoms with Crippen molar-refractivity contribution in [2.45, 2.75) is 67.2 Å². The zero-order valence-corrected chi connectivity index (χ0v) is 15.5. The summed E-state index contributed by atoms with van der Waals surface area (Å²) in [6.45, 7) is 12.7. The van der Waals surface area contributed by atoms with E-state index in [9.17, 15) is 9.59 Å². The highest BCUT2D eigenvalue weighted by Crippen LogP contribution is 2.64. The number of carboxylic acids is 1. The summed E-state index contributed by atoms with van der Waals surface area (Å²) in [5.74, 6) is 1.92. The summed E-state index contributed by atoms with van der Waals surface area (Å²) in [5, 5.41) is 8.62. The van der Waals surface area contributed by atoms with Crippen molar-refractivity contribution in [3.05, 3.63) is 11.6 Å². The highest BCUT2D eigenvalue weighted by Gasteiger charge is 2.58. The number of aliphatic carboxylic acids is 1. The van der Waals surface area contributed by atoms with Gasteiger partial charge in [-0.1, -0.05) is 39.3 Å². The molecule has 0 aliphatic heterocycles. The molecule has 23 heavy (non-hydrogen) atoms. The SMILES string of the molecule is CC(=O)C[C@H]1C(CC(=O)O)C1(C)C.CC1=CC[C@@H]2[C@H](C1)C2(C)C. The summed E-state index contributed by atoms with van der Waals surface area (Å²) in [5.41, 5.74) is 2.34. The van der Waals surface area contributed by atoms with Gasteiger partial charge in [-0.3, -0.25) is 4.79 Å². The molecule has 1 N–H and O–H groups in total. The summed E-state index contributed by atoms with van der Waals surface area (Å²) >= 11 is 0. The minimum Gasteiger partial charge on any atom is -0.481 e. The number of Topliss-reactive ketones (excluding diaryl/α,β-unsaturated/α-hetero) is 1. The molecule has 1 unspecified atom stereocenters. The number of hydrogen-bond donors (Lipinski definition) is 1. The summed E-state index contributed by atoms with van der Waals surface area (Å²) in [6, 6.07) is 0. The van der Waals surface area contributed by atoms with E-state index in [1.807, 2.05) is 13.8 Å². The monoisotopic (exact) mass is 320 g/mol. The Hall–Kier alpha value is -1.12. The van der Waals surface area contributed by atoms with Gasteiger partial charge in [-0.25, -0.2) is 0 Å². The molecule has 3 aliphatic rings. The Morgan fingerprint density at radius 2 is 1.65 bits per heavy atom. The summed E-state index contributed by atoms with van der Waals surface area (Å²) in [6.07, 6.45) is 5.88. The van der Waals surface area contributed by atoms with Crippen molar-refractivity contribution in [1.82, 2.24) is 0 Å². The number of hydrogen-bond acceptors (Lipinski definition) is 2. The molecule has 3 rings (SSSR count). The highest BCUT2D eigenvalue weighted by atomic mass is 16.4. The lowest BCUT2D eigenvalue weighted by molar-refractivity contribution is -0.137. The molecule has 0 aromatic heterocycles. The van der Waals surface area contributed by atoms with E-state index in [-0.39, 0.29) is 29.5 Å². The second kappa shape index (κ2) is 6.07. The van der Waals surface area contributed by atoms with Gasteiger partial charge in [0.1, 0.15) is 5.78 Å². The first kappa shape index (κ1) is 18.2. The third kappa shape index (κ3) is 3.87. The van der Waals surface area contributed by atoms with Crippen LogP contribution in [0.4, 0.5) is 0 Å². The van der Waals surface area contributed by atoms with E-state index in [4.69, 9.17) is 5.11 Å². The number of carbonyl (C=O) groups is 2. The van der Waals surface area contributed by atoms with Gasteiger partial charge in [-0.05, 0) is 61.2 Å². The fraction of sp³-hybridized carbons (Fsp3) is 0.800. The van der Waals surface area contributed by atoms with Crippen molar-refractivity contribution in [3.8, 4) is 0 Å². The molecule has 0 aromatic carbocycles. The van der Waals surface area contributed by atoms with Crippen LogP contribution < -0.4 is 0 Å². The van der Waals surface area contributed by atoms with Gasteiger partial charge in [-0.15, -0.1) is 0 Å². The van der Waals surface area contributed by atoms with E-state index in [2.05, 4.69) is 26.8 Å². The smallest absolute Gasteiger partial charge is 0.303 e. The molecule has 0 spiro atoms. The van der Waals surface area contributed by atoms with Gasteiger partial charge in [-0.2, -0.15) is 0 Å². The summed E-state index contributed by atoms with van der Waals surface area (Å²) < 4.78 is 0. The second-order valence-electron chi connectivity index (χ2n) is 9.06. The standard InChI is InChI=1S/C10H16O3.C10H16/c1-6(11)4-7-8(5-9(12)13)10(7,2)3;1-7-4-5-8-9(6-7)10(8,2)3/h7-8H,4-5H2,1-3H3,(H,12,13);4,8-9H,5-6H2,1-3H3/t7-,8?;8-,9+/m01/s1. The first-order valence-corrected chi connectivity index (χ1v) is 8.84. The molecular weight excluding hydrogens is 288 g/mol. The quantitative estimate of drug-likeness (QED) is 0.763. The lowest BCUT2D eigenvalue weighted by Gasteiger charge is -2.05. The van der Waals surface area contributed by atoms with Crippen molar-refractivity contribution in [3.63, 3.8) is 0 Å². The minimum absolute atomic E-state index is 0.0457. The van der Waals surface area contributed by atoms with Gasteiger partial charge in [0, 0.05) is 12.8 Å². The normalized spacial score (nSPS) is 35.1. The fourth-order valence-electron chi connectivity index (χ4n) is 4.66. The number of fused-ring (bicyclic) bond motifs is 1. The predicted octanol–water partition coefficient (Wildman–Crippen LogP) is 4.71. The molecular formula is C20H32O3. The summed E-state index contributed by atoms with van der Waals surface area (Å²) in [7, 11) is 0. The van der Waals surface area contributed by atoms with E-state index in [1.165, 1.54) is 12.8 Å². The predicted molar refractivity (Wildman–Crippen MR) is 92.1 cm³/mol. The molecule has 0 aromatic rings. The number of ketones is 1. The van der Waals surface area contributed by atoms with Crippen LogP contribution in [0.5, 0.6) is 0 Å². The summed E-state index contributed by atoms with van der Waals surface area (Å²) in [4.78, 5) is 21.3. The Bertz CT molecular complexity index is 503. The van der Waals surface area contributed by atoms with E-state index in [1.54, 1.807) is 12.5 Å². The fourth-order valence-corrected chi connectivity index (χ4v) is 4.66. The van der Waals surface area contributed by atoms with Gasteiger partial charge < -0.3 is 9.90 Å². The van der Waals surface area contributed by atoms with Crippen molar-refractivity contribution >= 4 is 11.8 Å². The Kier molecular flexibility index (Phi) is 4.81. The zero-order valence-electron chi connectivity index (χ0n) is 15.5. The van der Waals surface area contributed by atoms with Gasteiger partial charge in [0.2, 0.25) is 0 Å². The van der Waals surface area contributed by atoms with Crippen molar-refractivity contribution < 1.29 is 14.7 Å². The highest BCUT2D eigenvalue weighted by molar-refractivity contribution is 5.76. The lowest BCUT2D eigenvalue weighted by Crippen LogP contribution is -1.99. The van der Waals surface area contributed by atoms with Crippen LogP contribution in [0.25, 0.3) is 0 Å². The minimum atomic E-state index is -0.760. The van der Waals surface area contributed by atoms with Crippen molar-refractivity contribution in [2.24, 2.45) is 34.5 Å². The molecule has 2 saturated carbocycles. The average Bonchev–Trinajstić information content (AvgIpc) is 3.13. The number of allylic oxidation sites excluding steroid dienone is 2. The van der Waals surface area contributed by atoms with Gasteiger partial charge in [0.25, 0.3) is 0 Å². The molecule has 3 nitrogen and oxygen atoms in total. The van der Waals surface area contributed by atoms with E-state index >= 15 is 0 Å². The van der Waals surface area contributed by atoms with Crippen LogP contribution in [0.3, 0.4) is 0 Å². The van der Waals surface area contributed by atoms with E-state index in [0.29, 0.717) is 11.8 Å². The number of carbonyl (C=O) groups excluding carboxylic acids is 1. The third-order valence-electron chi connectivity index (χ3n) is 6.74. The molecule has 4 atom stereocenters. The van der Waals surface area contributed by atoms with Crippen LogP contribution in [0.2, 0.25) is 0 Å². The molecule has 2 fully saturated rings. The lowest BCUT2D eigenvalue weighted by atomic mass is 10.0. The van der Waals surface area contributed by atoms with Crippen LogP contribution in [0, 0.1) is 34.5 Å². The Morgan fingerprint density at radius 3 is 2.09 bits per heavy atom. The molecule has 0 heterocycles.